The van der Waals surface area contributed by atoms with Crippen molar-refractivity contribution in [2.45, 2.75) is 13.8 Å². The Morgan fingerprint density at radius 3 is 2.50 bits per heavy atom. The molecule has 0 aromatic carbocycles. The standard InChI is InChI=1S/C10H19N2S2/c1-10(2,9(13)14-5)8-11(3)6-7-12(8)4/h6-7H2,1-5H3/q+1. The van der Waals surface area contributed by atoms with Crippen molar-refractivity contribution in [3.8, 4) is 0 Å². The molecule has 0 saturated heterocycles. The van der Waals surface area contributed by atoms with Gasteiger partial charge in [0, 0.05) is 0 Å². The maximum Gasteiger partial charge on any atom is 0.258 e. The fraction of sp³-hybridized carbons (Fsp3) is 0.800. The van der Waals surface area contributed by atoms with Gasteiger partial charge in [0.25, 0.3) is 5.84 Å². The molecule has 0 N–H and O–H groups in total. The molecular formula is C10H19N2S2+. The van der Waals surface area contributed by atoms with Gasteiger partial charge in [-0.2, -0.15) is 0 Å². The van der Waals surface area contributed by atoms with Crippen molar-refractivity contribution < 1.29 is 4.58 Å². The Labute approximate surface area is 96.4 Å². The summed E-state index contributed by atoms with van der Waals surface area (Å²) in [5.41, 5.74) is -0.00521. The van der Waals surface area contributed by atoms with Crippen LogP contribution in [0.5, 0.6) is 0 Å². The first-order valence-electron chi connectivity index (χ1n) is 4.79. The summed E-state index contributed by atoms with van der Waals surface area (Å²) in [4.78, 5) is 2.31. The summed E-state index contributed by atoms with van der Waals surface area (Å²) in [5.74, 6) is 1.34. The summed E-state index contributed by atoms with van der Waals surface area (Å²) in [6.45, 7) is 6.62. The first-order chi connectivity index (χ1) is 6.41. The van der Waals surface area contributed by atoms with Crippen LogP contribution in [-0.2, 0) is 0 Å². The van der Waals surface area contributed by atoms with Crippen molar-refractivity contribution in [1.82, 2.24) is 4.90 Å². The average Bonchev–Trinajstić information content (AvgIpc) is 2.44. The maximum atomic E-state index is 5.42. The van der Waals surface area contributed by atoms with Gasteiger partial charge in [0.05, 0.1) is 18.3 Å². The molecule has 0 radical (unpaired) electrons. The van der Waals surface area contributed by atoms with Gasteiger partial charge in [-0.05, 0) is 20.1 Å². The van der Waals surface area contributed by atoms with Gasteiger partial charge in [-0.25, -0.2) is 0 Å². The molecular weight excluding hydrogens is 212 g/mol. The van der Waals surface area contributed by atoms with Crippen LogP contribution in [0.4, 0.5) is 0 Å². The molecule has 1 rings (SSSR count). The largest absolute Gasteiger partial charge is 0.264 e. The van der Waals surface area contributed by atoms with Gasteiger partial charge in [0.15, 0.2) is 0 Å². The topological polar surface area (TPSA) is 6.25 Å². The number of thiocarbonyl (C=S) groups is 1. The van der Waals surface area contributed by atoms with Gasteiger partial charge in [-0.1, -0.05) is 12.2 Å². The quantitative estimate of drug-likeness (QED) is 0.527. The second kappa shape index (κ2) is 4.19. The highest BCUT2D eigenvalue weighted by atomic mass is 32.2. The van der Waals surface area contributed by atoms with E-state index in [1.807, 2.05) is 0 Å². The van der Waals surface area contributed by atoms with Gasteiger partial charge >= 0.3 is 0 Å². The van der Waals surface area contributed by atoms with Crippen LogP contribution in [0.15, 0.2) is 0 Å². The molecule has 2 nitrogen and oxygen atoms in total. The highest BCUT2D eigenvalue weighted by Crippen LogP contribution is 2.28. The molecule has 0 aliphatic carbocycles. The number of thioether (sulfide) groups is 1. The summed E-state index contributed by atoms with van der Waals surface area (Å²) in [6.07, 6.45) is 2.06. The van der Waals surface area contributed by atoms with E-state index in [1.165, 1.54) is 5.84 Å². The molecule has 1 heterocycles. The number of nitrogens with zero attached hydrogens (tertiary/aromatic N) is 2. The predicted octanol–water partition coefficient (Wildman–Crippen LogP) is 1.69. The Kier molecular flexibility index (Phi) is 3.58. The summed E-state index contributed by atoms with van der Waals surface area (Å²) in [5, 5.41) is 0. The molecule has 0 unspecified atom stereocenters. The molecule has 1 aliphatic heterocycles. The Morgan fingerprint density at radius 1 is 1.57 bits per heavy atom. The summed E-state index contributed by atoms with van der Waals surface area (Å²) >= 11 is 7.10. The smallest absolute Gasteiger partial charge is 0.258 e. The minimum atomic E-state index is -0.00521. The van der Waals surface area contributed by atoms with Crippen LogP contribution in [-0.4, -0.2) is 52.9 Å². The summed E-state index contributed by atoms with van der Waals surface area (Å²) < 4.78 is 3.37. The van der Waals surface area contributed by atoms with Crippen molar-refractivity contribution >= 4 is 34.0 Å². The van der Waals surface area contributed by atoms with E-state index in [1.54, 1.807) is 11.8 Å². The van der Waals surface area contributed by atoms with E-state index >= 15 is 0 Å². The molecule has 4 heteroatoms. The van der Waals surface area contributed by atoms with Gasteiger partial charge < -0.3 is 0 Å². The Balaban J connectivity index is 3.03. The molecule has 14 heavy (non-hydrogen) atoms. The molecule has 0 aromatic rings. The third-order valence-corrected chi connectivity index (χ3v) is 4.64. The van der Waals surface area contributed by atoms with Crippen LogP contribution in [0, 0.1) is 5.41 Å². The third kappa shape index (κ3) is 1.96. The van der Waals surface area contributed by atoms with Gasteiger partial charge in [0.2, 0.25) is 0 Å². The Bertz CT molecular complexity index is 282. The molecule has 0 saturated carbocycles. The van der Waals surface area contributed by atoms with E-state index in [0.717, 1.165) is 17.3 Å². The SMILES string of the molecule is CSC(=S)C(C)(C)C1=[N+](C)CCN1C. The van der Waals surface area contributed by atoms with Crippen LogP contribution >= 0.6 is 24.0 Å². The summed E-state index contributed by atoms with van der Waals surface area (Å²) in [6, 6.07) is 0. The van der Waals surface area contributed by atoms with Crippen molar-refractivity contribution in [2.75, 3.05) is 33.4 Å². The lowest BCUT2D eigenvalue weighted by atomic mass is 9.93. The number of rotatable bonds is 2. The van der Waals surface area contributed by atoms with E-state index in [2.05, 4.69) is 43.7 Å². The minimum Gasteiger partial charge on any atom is -0.264 e. The zero-order valence-corrected chi connectivity index (χ0v) is 11.3. The molecule has 0 atom stereocenters. The number of likely N-dealkylation sites (N-methyl/N-ethyl adjacent to an activating group) is 2. The number of amidine groups is 1. The molecule has 80 valence electrons. The summed E-state index contributed by atoms with van der Waals surface area (Å²) in [7, 11) is 4.28. The van der Waals surface area contributed by atoms with Crippen molar-refractivity contribution in [2.24, 2.45) is 5.41 Å². The fourth-order valence-corrected chi connectivity index (χ4v) is 2.80. The van der Waals surface area contributed by atoms with Gasteiger partial charge in [-0.15, -0.1) is 11.8 Å². The number of hydrogen-bond donors (Lipinski definition) is 0. The van der Waals surface area contributed by atoms with E-state index < -0.39 is 0 Å². The number of hydrogen-bond acceptors (Lipinski definition) is 3. The van der Waals surface area contributed by atoms with E-state index in [9.17, 15) is 0 Å². The lowest BCUT2D eigenvalue weighted by Crippen LogP contribution is -2.42. The lowest BCUT2D eigenvalue weighted by molar-refractivity contribution is -0.489. The molecule has 0 fully saturated rings. The highest BCUT2D eigenvalue weighted by Gasteiger charge is 2.41. The minimum absolute atomic E-state index is 0.00521. The predicted molar refractivity (Wildman–Crippen MR) is 68.6 cm³/mol. The molecule has 0 spiro atoms. The lowest BCUT2D eigenvalue weighted by Gasteiger charge is -2.25. The monoisotopic (exact) mass is 231 g/mol. The van der Waals surface area contributed by atoms with Gasteiger partial charge in [-0.3, -0.25) is 9.48 Å². The zero-order chi connectivity index (χ0) is 10.9. The highest BCUT2D eigenvalue weighted by molar-refractivity contribution is 8.22. The van der Waals surface area contributed by atoms with Gasteiger partial charge in [0.1, 0.15) is 18.5 Å². The van der Waals surface area contributed by atoms with E-state index in [4.69, 9.17) is 12.2 Å². The van der Waals surface area contributed by atoms with Crippen molar-refractivity contribution in [1.29, 1.82) is 0 Å². The molecule has 1 aliphatic rings. The van der Waals surface area contributed by atoms with Crippen LogP contribution in [0.25, 0.3) is 0 Å². The van der Waals surface area contributed by atoms with Crippen LogP contribution < -0.4 is 0 Å². The average molecular weight is 231 g/mol. The van der Waals surface area contributed by atoms with Crippen LogP contribution in [0.2, 0.25) is 0 Å². The maximum absolute atomic E-state index is 5.42. The molecule has 0 aromatic heterocycles. The van der Waals surface area contributed by atoms with Crippen LogP contribution in [0.1, 0.15) is 13.8 Å². The van der Waals surface area contributed by atoms with Crippen LogP contribution in [0.3, 0.4) is 0 Å². The Morgan fingerprint density at radius 2 is 2.14 bits per heavy atom. The second-order valence-corrected chi connectivity index (χ2v) is 5.77. The zero-order valence-electron chi connectivity index (χ0n) is 9.63. The first kappa shape index (κ1) is 12.0. The third-order valence-electron chi connectivity index (χ3n) is 2.75. The molecule has 0 bridgehead atoms. The van der Waals surface area contributed by atoms with E-state index in [-0.39, 0.29) is 5.41 Å². The normalized spacial score (nSPS) is 17.9. The molecule has 0 amide bonds. The van der Waals surface area contributed by atoms with Crippen molar-refractivity contribution in [3.05, 3.63) is 0 Å². The fourth-order valence-electron chi connectivity index (χ4n) is 2.10. The Hall–Kier alpha value is -0.0900. The van der Waals surface area contributed by atoms with E-state index in [0.29, 0.717) is 0 Å². The van der Waals surface area contributed by atoms with Crippen molar-refractivity contribution in [3.63, 3.8) is 0 Å². The first-order valence-corrected chi connectivity index (χ1v) is 6.42. The second-order valence-electron chi connectivity index (χ2n) is 4.28.